The molecule has 0 bridgehead atoms. The van der Waals surface area contributed by atoms with Crippen molar-refractivity contribution in [1.82, 2.24) is 30.4 Å². The molecule has 4 rings (SSSR count). The number of carbonyl (C=O) groups is 2. The van der Waals surface area contributed by atoms with E-state index in [0.717, 1.165) is 18.4 Å². The minimum absolute atomic E-state index is 0.0824. The number of carbonyl (C=O) groups excluding carboxylic acids is 2. The summed E-state index contributed by atoms with van der Waals surface area (Å²) in [6, 6.07) is 10.6. The van der Waals surface area contributed by atoms with Crippen LogP contribution in [0.15, 0.2) is 53.4 Å². The van der Waals surface area contributed by atoms with Gasteiger partial charge in [0, 0.05) is 24.7 Å². The number of aromatic nitrogens is 4. The summed E-state index contributed by atoms with van der Waals surface area (Å²) in [7, 11) is 0. The Balaban J connectivity index is 1.34. The van der Waals surface area contributed by atoms with Crippen molar-refractivity contribution in [2.24, 2.45) is 0 Å². The zero-order valence-electron chi connectivity index (χ0n) is 15.2. The van der Waals surface area contributed by atoms with Gasteiger partial charge in [0.15, 0.2) is 5.76 Å². The molecule has 9 heteroatoms. The first-order valence-corrected chi connectivity index (χ1v) is 9.12. The molecule has 28 heavy (non-hydrogen) atoms. The van der Waals surface area contributed by atoms with Gasteiger partial charge in [-0.1, -0.05) is 12.1 Å². The van der Waals surface area contributed by atoms with E-state index in [-0.39, 0.29) is 17.9 Å². The minimum atomic E-state index is -0.147. The molecule has 0 aliphatic carbocycles. The second-order valence-corrected chi connectivity index (χ2v) is 6.75. The fraction of sp³-hybridized carbons (Fsp3) is 0.316. The van der Waals surface area contributed by atoms with Gasteiger partial charge in [-0.25, -0.2) is 4.68 Å². The summed E-state index contributed by atoms with van der Waals surface area (Å²) in [6.45, 7) is 1.68. The highest BCUT2D eigenvalue weighted by Crippen LogP contribution is 2.15. The van der Waals surface area contributed by atoms with Gasteiger partial charge in [0.25, 0.3) is 11.8 Å². The molecule has 1 aromatic carbocycles. The molecule has 1 fully saturated rings. The van der Waals surface area contributed by atoms with Crippen molar-refractivity contribution in [3.05, 3.63) is 65.9 Å². The van der Waals surface area contributed by atoms with Gasteiger partial charge in [-0.2, -0.15) is 0 Å². The van der Waals surface area contributed by atoms with Crippen molar-refractivity contribution < 1.29 is 14.0 Å². The molecule has 0 saturated carbocycles. The van der Waals surface area contributed by atoms with Crippen LogP contribution in [0.1, 0.15) is 39.3 Å². The largest absolute Gasteiger partial charge is 0.459 e. The number of amides is 2. The highest BCUT2D eigenvalue weighted by Gasteiger charge is 2.26. The van der Waals surface area contributed by atoms with E-state index in [1.807, 2.05) is 12.1 Å². The second-order valence-electron chi connectivity index (χ2n) is 6.75. The third kappa shape index (κ3) is 4.08. The van der Waals surface area contributed by atoms with Crippen molar-refractivity contribution in [1.29, 1.82) is 0 Å². The standard InChI is InChI=1S/C19H20N6O3/c26-18(15-7-5-14(6-8-15)11-25-13-20-22-23-25)21-16-3-1-9-24(12-16)19(27)17-4-2-10-28-17/h2,4-8,10,13,16H,1,3,9,11-12H2,(H,21,26). The molecule has 3 aromatic rings. The lowest BCUT2D eigenvalue weighted by molar-refractivity contribution is 0.0647. The molecule has 9 nitrogen and oxygen atoms in total. The third-order valence-electron chi connectivity index (χ3n) is 4.73. The Hall–Kier alpha value is -3.49. The van der Waals surface area contributed by atoms with Gasteiger partial charge in [-0.15, -0.1) is 5.10 Å². The van der Waals surface area contributed by atoms with Gasteiger partial charge < -0.3 is 14.6 Å². The summed E-state index contributed by atoms with van der Waals surface area (Å²) in [5, 5.41) is 14.0. The molecule has 1 atom stereocenters. The van der Waals surface area contributed by atoms with Gasteiger partial charge in [0.1, 0.15) is 6.33 Å². The average molecular weight is 380 g/mol. The number of hydrogen-bond acceptors (Lipinski definition) is 6. The van der Waals surface area contributed by atoms with Crippen molar-refractivity contribution >= 4 is 11.8 Å². The van der Waals surface area contributed by atoms with Crippen LogP contribution in [-0.4, -0.2) is 56.1 Å². The molecular weight excluding hydrogens is 360 g/mol. The first-order valence-electron chi connectivity index (χ1n) is 9.12. The highest BCUT2D eigenvalue weighted by atomic mass is 16.3. The van der Waals surface area contributed by atoms with Crippen molar-refractivity contribution in [2.75, 3.05) is 13.1 Å². The maximum absolute atomic E-state index is 12.6. The van der Waals surface area contributed by atoms with Crippen LogP contribution < -0.4 is 5.32 Å². The van der Waals surface area contributed by atoms with Crippen LogP contribution in [-0.2, 0) is 6.54 Å². The number of rotatable bonds is 5. The first kappa shape index (κ1) is 17.9. The summed E-state index contributed by atoms with van der Waals surface area (Å²) in [4.78, 5) is 26.7. The average Bonchev–Trinajstić information content (AvgIpc) is 3.42. The van der Waals surface area contributed by atoms with Crippen LogP contribution >= 0.6 is 0 Å². The van der Waals surface area contributed by atoms with E-state index in [4.69, 9.17) is 4.42 Å². The molecular formula is C19H20N6O3. The van der Waals surface area contributed by atoms with E-state index in [0.29, 0.717) is 31.0 Å². The lowest BCUT2D eigenvalue weighted by Crippen LogP contribution is -2.49. The Labute approximate surface area is 161 Å². The molecule has 2 aromatic heterocycles. The van der Waals surface area contributed by atoms with E-state index < -0.39 is 0 Å². The number of likely N-dealkylation sites (tertiary alicyclic amines) is 1. The fourth-order valence-corrected chi connectivity index (χ4v) is 3.31. The van der Waals surface area contributed by atoms with E-state index in [1.54, 1.807) is 40.2 Å². The van der Waals surface area contributed by atoms with Gasteiger partial charge in [-0.3, -0.25) is 9.59 Å². The third-order valence-corrected chi connectivity index (χ3v) is 4.73. The topological polar surface area (TPSA) is 106 Å². The lowest BCUT2D eigenvalue weighted by Gasteiger charge is -2.32. The van der Waals surface area contributed by atoms with Gasteiger partial charge in [-0.05, 0) is 53.1 Å². The summed E-state index contributed by atoms with van der Waals surface area (Å²) in [6.07, 6.45) is 4.70. The number of piperidine rings is 1. The fourth-order valence-electron chi connectivity index (χ4n) is 3.31. The summed E-state index contributed by atoms with van der Waals surface area (Å²) >= 11 is 0. The Bertz CT molecular complexity index is 921. The molecule has 144 valence electrons. The Morgan fingerprint density at radius 3 is 2.79 bits per heavy atom. The van der Waals surface area contributed by atoms with Gasteiger partial charge in [0.05, 0.1) is 12.8 Å². The Morgan fingerprint density at radius 1 is 1.21 bits per heavy atom. The number of nitrogens with one attached hydrogen (secondary N) is 1. The molecule has 1 N–H and O–H groups in total. The Kier molecular flexibility index (Phi) is 5.14. The smallest absolute Gasteiger partial charge is 0.289 e. The zero-order chi connectivity index (χ0) is 19.3. The maximum atomic E-state index is 12.6. The van der Waals surface area contributed by atoms with Crippen LogP contribution in [0.5, 0.6) is 0 Å². The second kappa shape index (κ2) is 8.03. The number of tetrazole rings is 1. The van der Waals surface area contributed by atoms with E-state index in [9.17, 15) is 9.59 Å². The van der Waals surface area contributed by atoms with Crippen LogP contribution in [0.2, 0.25) is 0 Å². The highest BCUT2D eigenvalue weighted by molar-refractivity contribution is 5.94. The number of nitrogens with zero attached hydrogens (tertiary/aromatic N) is 5. The molecule has 1 saturated heterocycles. The molecule has 1 aliphatic rings. The maximum Gasteiger partial charge on any atom is 0.289 e. The van der Waals surface area contributed by atoms with Crippen LogP contribution in [0.4, 0.5) is 0 Å². The molecule has 1 unspecified atom stereocenters. The zero-order valence-corrected chi connectivity index (χ0v) is 15.2. The van der Waals surface area contributed by atoms with Gasteiger partial charge in [0.2, 0.25) is 0 Å². The Morgan fingerprint density at radius 2 is 2.07 bits per heavy atom. The number of furan rings is 1. The normalized spacial score (nSPS) is 16.7. The SMILES string of the molecule is O=C(NC1CCCN(C(=O)c2ccco2)C1)c1ccc(Cn2cnnn2)cc1. The van der Waals surface area contributed by atoms with Crippen molar-refractivity contribution in [2.45, 2.75) is 25.4 Å². The van der Waals surface area contributed by atoms with Crippen LogP contribution in [0, 0.1) is 0 Å². The van der Waals surface area contributed by atoms with Crippen LogP contribution in [0.25, 0.3) is 0 Å². The molecule has 0 spiro atoms. The molecule has 3 heterocycles. The molecule has 0 radical (unpaired) electrons. The number of benzene rings is 1. The molecule has 1 aliphatic heterocycles. The van der Waals surface area contributed by atoms with Gasteiger partial charge >= 0.3 is 0 Å². The van der Waals surface area contributed by atoms with Crippen LogP contribution in [0.3, 0.4) is 0 Å². The summed E-state index contributed by atoms with van der Waals surface area (Å²) < 4.78 is 6.80. The number of hydrogen-bond donors (Lipinski definition) is 1. The first-order chi connectivity index (χ1) is 13.7. The minimum Gasteiger partial charge on any atom is -0.459 e. The van der Waals surface area contributed by atoms with E-state index in [2.05, 4.69) is 20.8 Å². The van der Waals surface area contributed by atoms with Crippen molar-refractivity contribution in [3.8, 4) is 0 Å². The summed E-state index contributed by atoms with van der Waals surface area (Å²) in [5.41, 5.74) is 1.58. The predicted octanol–water partition coefficient (Wildman–Crippen LogP) is 1.35. The summed E-state index contributed by atoms with van der Waals surface area (Å²) in [5.74, 6) is 0.0346. The van der Waals surface area contributed by atoms with E-state index >= 15 is 0 Å². The predicted molar refractivity (Wildman–Crippen MR) is 98.5 cm³/mol. The van der Waals surface area contributed by atoms with E-state index in [1.165, 1.54) is 6.26 Å². The quantitative estimate of drug-likeness (QED) is 0.716. The monoisotopic (exact) mass is 380 g/mol. The molecule has 2 amide bonds. The van der Waals surface area contributed by atoms with Crippen molar-refractivity contribution in [3.63, 3.8) is 0 Å². The lowest BCUT2D eigenvalue weighted by atomic mass is 10.0.